The minimum absolute atomic E-state index is 0.104. The van der Waals surface area contributed by atoms with E-state index in [1.807, 2.05) is 64.1 Å². The molecule has 0 unspecified atom stereocenters. The lowest BCUT2D eigenvalue weighted by atomic mass is 10.0. The van der Waals surface area contributed by atoms with Gasteiger partial charge in [-0.2, -0.15) is 0 Å². The van der Waals surface area contributed by atoms with E-state index in [9.17, 15) is 9.59 Å². The Morgan fingerprint density at radius 3 is 2.19 bits per heavy atom. The van der Waals surface area contributed by atoms with E-state index in [2.05, 4.69) is 11.4 Å². The summed E-state index contributed by atoms with van der Waals surface area (Å²) in [4.78, 5) is 27.8. The molecule has 1 aliphatic rings. The van der Waals surface area contributed by atoms with Gasteiger partial charge < -0.3 is 10.2 Å². The molecule has 0 aromatic heterocycles. The van der Waals surface area contributed by atoms with E-state index in [1.54, 1.807) is 4.90 Å². The molecule has 0 heterocycles. The van der Waals surface area contributed by atoms with Crippen LogP contribution in [0.2, 0.25) is 0 Å². The summed E-state index contributed by atoms with van der Waals surface area (Å²) in [7, 11) is 0. The summed E-state index contributed by atoms with van der Waals surface area (Å²) >= 11 is 0. The molecular weight excluding hydrogens is 324 g/mol. The second kappa shape index (κ2) is 6.94. The van der Waals surface area contributed by atoms with Crippen molar-refractivity contribution in [2.24, 2.45) is 5.41 Å². The average Bonchev–Trinajstić information content (AvgIpc) is 3.36. The number of hydrogen-bond acceptors (Lipinski definition) is 2. The average molecular weight is 350 g/mol. The Hall–Kier alpha value is -2.62. The number of amides is 2. The van der Waals surface area contributed by atoms with Gasteiger partial charge in [-0.25, -0.2) is 0 Å². The van der Waals surface area contributed by atoms with Crippen LogP contribution in [0.15, 0.2) is 42.5 Å². The van der Waals surface area contributed by atoms with Crippen LogP contribution in [0.4, 0.5) is 11.4 Å². The smallest absolute Gasteiger partial charge is 0.242 e. The van der Waals surface area contributed by atoms with Crippen LogP contribution in [0.5, 0.6) is 0 Å². The van der Waals surface area contributed by atoms with Crippen LogP contribution < -0.4 is 10.2 Å². The molecule has 2 aromatic rings. The molecule has 0 aliphatic heterocycles. The van der Waals surface area contributed by atoms with Gasteiger partial charge in [0.05, 0.1) is 0 Å². The molecule has 0 radical (unpaired) electrons. The van der Waals surface area contributed by atoms with Crippen molar-refractivity contribution in [3.8, 4) is 0 Å². The maximum atomic E-state index is 13.2. The van der Waals surface area contributed by atoms with Gasteiger partial charge in [-0.15, -0.1) is 0 Å². The maximum absolute atomic E-state index is 13.2. The zero-order chi connectivity index (χ0) is 18.9. The predicted molar refractivity (Wildman–Crippen MR) is 105 cm³/mol. The minimum atomic E-state index is -0.933. The highest BCUT2D eigenvalue weighted by Crippen LogP contribution is 2.48. The summed E-state index contributed by atoms with van der Waals surface area (Å²) in [6.07, 6.45) is 1.20. The van der Waals surface area contributed by atoms with E-state index in [0.29, 0.717) is 19.4 Å². The predicted octanol–water partition coefficient (Wildman–Crippen LogP) is 4.38. The molecule has 1 N–H and O–H groups in total. The molecule has 2 aromatic carbocycles. The number of carbonyl (C=O) groups is 2. The second-order valence-electron chi connectivity index (χ2n) is 7.30. The lowest BCUT2D eigenvalue weighted by molar-refractivity contribution is -0.132. The summed E-state index contributed by atoms with van der Waals surface area (Å²) in [5.41, 5.74) is 3.95. The number of nitrogens with zero attached hydrogens (tertiary/aromatic N) is 1. The third-order valence-corrected chi connectivity index (χ3v) is 4.95. The van der Waals surface area contributed by atoms with Gasteiger partial charge in [0, 0.05) is 17.9 Å². The van der Waals surface area contributed by atoms with Gasteiger partial charge >= 0.3 is 0 Å². The molecule has 3 rings (SSSR count). The van der Waals surface area contributed by atoms with E-state index in [-0.39, 0.29) is 11.8 Å². The van der Waals surface area contributed by atoms with E-state index in [0.717, 1.165) is 28.1 Å². The number of nitrogens with one attached hydrogen (secondary N) is 1. The van der Waals surface area contributed by atoms with Gasteiger partial charge in [0.1, 0.15) is 5.41 Å². The number of benzene rings is 2. The molecule has 136 valence electrons. The molecule has 0 saturated heterocycles. The van der Waals surface area contributed by atoms with Gasteiger partial charge in [-0.3, -0.25) is 9.59 Å². The van der Waals surface area contributed by atoms with Crippen molar-refractivity contribution < 1.29 is 9.59 Å². The third-order valence-electron chi connectivity index (χ3n) is 4.95. The van der Waals surface area contributed by atoms with E-state index in [4.69, 9.17) is 0 Å². The largest absolute Gasteiger partial charge is 0.325 e. The number of aryl methyl sites for hydroxylation is 3. The number of hydrogen-bond donors (Lipinski definition) is 1. The van der Waals surface area contributed by atoms with Crippen LogP contribution in [0.3, 0.4) is 0 Å². The zero-order valence-electron chi connectivity index (χ0n) is 15.9. The highest BCUT2D eigenvalue weighted by atomic mass is 16.2. The SMILES string of the molecule is CCN(C(=O)C1(C(=O)Nc2cc(C)cc(C)c2)CC1)c1cccc(C)c1. The first kappa shape index (κ1) is 18.2. The molecule has 4 heteroatoms. The van der Waals surface area contributed by atoms with Crippen molar-refractivity contribution in [1.82, 2.24) is 0 Å². The normalized spacial score (nSPS) is 14.6. The van der Waals surface area contributed by atoms with Crippen LogP contribution in [0.1, 0.15) is 36.5 Å². The fourth-order valence-corrected chi connectivity index (χ4v) is 3.46. The fourth-order valence-electron chi connectivity index (χ4n) is 3.46. The lowest BCUT2D eigenvalue weighted by Crippen LogP contribution is -2.43. The molecule has 26 heavy (non-hydrogen) atoms. The lowest BCUT2D eigenvalue weighted by Gasteiger charge is -2.26. The van der Waals surface area contributed by atoms with Crippen molar-refractivity contribution in [3.05, 3.63) is 59.2 Å². The molecule has 1 aliphatic carbocycles. The second-order valence-corrected chi connectivity index (χ2v) is 7.30. The fraction of sp³-hybridized carbons (Fsp3) is 0.364. The first-order chi connectivity index (χ1) is 12.4. The monoisotopic (exact) mass is 350 g/mol. The Morgan fingerprint density at radius 1 is 1.00 bits per heavy atom. The molecule has 0 bridgehead atoms. The standard InChI is InChI=1S/C22H26N2O2/c1-5-24(19-8-6-7-15(2)14-19)21(26)22(9-10-22)20(25)23-18-12-16(3)11-17(4)13-18/h6-8,11-14H,5,9-10H2,1-4H3,(H,23,25). The Balaban J connectivity index is 1.82. The summed E-state index contributed by atoms with van der Waals surface area (Å²) in [5, 5.41) is 2.96. The molecule has 0 atom stereocenters. The van der Waals surface area contributed by atoms with Gasteiger partial charge in [-0.1, -0.05) is 18.2 Å². The summed E-state index contributed by atoms with van der Waals surface area (Å²) < 4.78 is 0. The molecule has 1 fully saturated rings. The minimum Gasteiger partial charge on any atom is -0.325 e. The Kier molecular flexibility index (Phi) is 4.86. The van der Waals surface area contributed by atoms with Gasteiger partial charge in [0.25, 0.3) is 0 Å². The van der Waals surface area contributed by atoms with E-state index < -0.39 is 5.41 Å². The third kappa shape index (κ3) is 3.50. The van der Waals surface area contributed by atoms with Crippen molar-refractivity contribution in [1.29, 1.82) is 0 Å². The first-order valence-electron chi connectivity index (χ1n) is 9.14. The van der Waals surface area contributed by atoms with Crippen molar-refractivity contribution in [2.75, 3.05) is 16.8 Å². The van der Waals surface area contributed by atoms with Crippen LogP contribution >= 0.6 is 0 Å². The summed E-state index contributed by atoms with van der Waals surface area (Å²) in [5.74, 6) is -0.300. The molecule has 0 spiro atoms. The van der Waals surface area contributed by atoms with Gasteiger partial charge in [0.15, 0.2) is 0 Å². The number of carbonyl (C=O) groups excluding carboxylic acids is 2. The summed E-state index contributed by atoms with van der Waals surface area (Å²) in [6.45, 7) is 8.48. The Morgan fingerprint density at radius 2 is 1.65 bits per heavy atom. The number of anilines is 2. The Bertz CT molecular complexity index is 833. The Labute approximate surface area is 155 Å². The molecular formula is C22H26N2O2. The van der Waals surface area contributed by atoms with Gasteiger partial charge in [-0.05, 0) is 81.5 Å². The highest BCUT2D eigenvalue weighted by molar-refractivity contribution is 6.17. The van der Waals surface area contributed by atoms with E-state index in [1.165, 1.54) is 0 Å². The van der Waals surface area contributed by atoms with E-state index >= 15 is 0 Å². The van der Waals surface area contributed by atoms with Crippen LogP contribution in [-0.2, 0) is 9.59 Å². The van der Waals surface area contributed by atoms with Gasteiger partial charge in [0.2, 0.25) is 11.8 Å². The highest BCUT2D eigenvalue weighted by Gasteiger charge is 2.58. The zero-order valence-corrected chi connectivity index (χ0v) is 15.9. The number of rotatable bonds is 5. The van der Waals surface area contributed by atoms with Crippen molar-refractivity contribution in [2.45, 2.75) is 40.5 Å². The maximum Gasteiger partial charge on any atom is 0.242 e. The van der Waals surface area contributed by atoms with Crippen LogP contribution in [0.25, 0.3) is 0 Å². The van der Waals surface area contributed by atoms with Crippen molar-refractivity contribution in [3.63, 3.8) is 0 Å². The van der Waals surface area contributed by atoms with Crippen LogP contribution in [0, 0.1) is 26.2 Å². The molecule has 2 amide bonds. The molecule has 1 saturated carbocycles. The molecule has 4 nitrogen and oxygen atoms in total. The topological polar surface area (TPSA) is 49.4 Å². The van der Waals surface area contributed by atoms with Crippen LogP contribution in [-0.4, -0.2) is 18.4 Å². The quantitative estimate of drug-likeness (QED) is 0.813. The van der Waals surface area contributed by atoms with Crippen molar-refractivity contribution >= 4 is 23.2 Å². The summed E-state index contributed by atoms with van der Waals surface area (Å²) in [6, 6.07) is 13.8. The first-order valence-corrected chi connectivity index (χ1v) is 9.14.